The smallest absolute Gasteiger partial charge is 0.258 e. The van der Waals surface area contributed by atoms with Crippen molar-refractivity contribution in [2.24, 2.45) is 0 Å². The maximum atomic E-state index is 13.6. The molecule has 4 rings (SSSR count). The molecule has 0 bridgehead atoms. The average Bonchev–Trinajstić information content (AvgIpc) is 2.91. The maximum Gasteiger partial charge on any atom is 0.258 e. The van der Waals surface area contributed by atoms with E-state index in [4.69, 9.17) is 11.6 Å². The van der Waals surface area contributed by atoms with Crippen molar-refractivity contribution in [1.82, 2.24) is 5.32 Å². The lowest BCUT2D eigenvalue weighted by Gasteiger charge is -2.29. The van der Waals surface area contributed by atoms with Gasteiger partial charge in [0, 0.05) is 16.0 Å². The monoisotopic (exact) mass is 643 g/mol. The van der Waals surface area contributed by atoms with Crippen molar-refractivity contribution in [2.75, 3.05) is 5.75 Å². The Morgan fingerprint density at radius 2 is 1.22 bits per heavy atom. The summed E-state index contributed by atoms with van der Waals surface area (Å²) in [4.78, 5) is 13.6. The predicted molar refractivity (Wildman–Crippen MR) is 155 cm³/mol. The highest BCUT2D eigenvalue weighted by Crippen LogP contribution is 2.61. The first-order valence-electron chi connectivity index (χ1n) is 11.6. The molecule has 0 aliphatic rings. The van der Waals surface area contributed by atoms with Crippen LogP contribution in [0.15, 0.2) is 126 Å². The summed E-state index contributed by atoms with van der Waals surface area (Å²) in [7, 11) is -2.41. The van der Waals surface area contributed by atoms with Gasteiger partial charge in [-0.15, -0.1) is 11.8 Å². The Hall–Kier alpha value is -2.11. The first-order chi connectivity index (χ1) is 17.2. The fourth-order valence-corrected chi connectivity index (χ4v) is 9.47. The van der Waals surface area contributed by atoms with Gasteiger partial charge in [0.25, 0.3) is 5.91 Å². The average molecular weight is 644 g/mol. The van der Waals surface area contributed by atoms with E-state index in [9.17, 15) is 4.79 Å². The topological polar surface area (TPSA) is 29.1 Å². The van der Waals surface area contributed by atoms with Gasteiger partial charge in [-0.1, -0.05) is 73.1 Å². The molecule has 0 fully saturated rings. The molecule has 0 heterocycles. The van der Waals surface area contributed by atoms with Crippen LogP contribution in [0.2, 0.25) is 5.02 Å². The van der Waals surface area contributed by atoms with Gasteiger partial charge in [0.1, 0.15) is 15.9 Å². The van der Waals surface area contributed by atoms with Gasteiger partial charge < -0.3 is 24.0 Å². The lowest BCUT2D eigenvalue weighted by Crippen LogP contribution is -3.00. The first-order valence-corrected chi connectivity index (χ1v) is 14.8. The molecular weight excluding hydrogens is 616 g/mol. The Bertz CT molecular complexity index is 1170. The molecule has 0 aliphatic heterocycles. The molecule has 0 spiro atoms. The minimum atomic E-state index is -2.41. The Morgan fingerprint density at radius 1 is 0.778 bits per heavy atom. The van der Waals surface area contributed by atoms with Crippen molar-refractivity contribution in [3.63, 3.8) is 0 Å². The van der Waals surface area contributed by atoms with Crippen molar-refractivity contribution in [3.8, 4) is 0 Å². The Balaban J connectivity index is 0.00000361. The summed E-state index contributed by atoms with van der Waals surface area (Å²) in [6.45, 7) is 2.17. The molecule has 4 aromatic carbocycles. The quantitative estimate of drug-likeness (QED) is 0.170. The van der Waals surface area contributed by atoms with Crippen molar-refractivity contribution < 1.29 is 28.8 Å². The number of carbonyl (C=O) groups is 1. The first kappa shape index (κ1) is 28.5. The molecule has 36 heavy (non-hydrogen) atoms. The van der Waals surface area contributed by atoms with E-state index in [-0.39, 0.29) is 29.9 Å². The number of halogens is 2. The molecule has 0 aliphatic carbocycles. The molecule has 0 unspecified atom stereocenters. The molecule has 0 saturated heterocycles. The number of carbonyl (C=O) groups excluding carboxylic acids is 1. The number of benzene rings is 4. The summed E-state index contributed by atoms with van der Waals surface area (Å²) >= 11 is 7.82. The third-order valence-corrected chi connectivity index (χ3v) is 11.3. The Kier molecular flexibility index (Phi) is 11.1. The highest BCUT2D eigenvalue weighted by atomic mass is 127. The second-order valence-corrected chi connectivity index (χ2v) is 12.8. The summed E-state index contributed by atoms with van der Waals surface area (Å²) in [5.41, 5.74) is 1.51. The van der Waals surface area contributed by atoms with E-state index in [0.29, 0.717) is 10.6 Å². The number of amides is 1. The van der Waals surface area contributed by atoms with Crippen molar-refractivity contribution in [1.29, 1.82) is 0 Å². The van der Waals surface area contributed by atoms with Gasteiger partial charge in [0.2, 0.25) is 0 Å². The normalized spacial score (nSPS) is 11.4. The zero-order chi connectivity index (χ0) is 24.5. The minimum Gasteiger partial charge on any atom is -1.00 e. The van der Waals surface area contributed by atoms with Gasteiger partial charge in [-0.2, -0.15) is 0 Å². The van der Waals surface area contributed by atoms with Crippen LogP contribution in [-0.4, -0.2) is 11.7 Å². The number of hydrogen-bond donors (Lipinski definition) is 1. The van der Waals surface area contributed by atoms with E-state index in [1.165, 1.54) is 15.9 Å². The predicted octanol–water partition coefficient (Wildman–Crippen LogP) is 4.01. The number of hydrogen-bond acceptors (Lipinski definition) is 2. The van der Waals surface area contributed by atoms with Crippen LogP contribution in [0.3, 0.4) is 0 Å². The van der Waals surface area contributed by atoms with Crippen molar-refractivity contribution in [2.45, 2.75) is 13.3 Å². The molecule has 0 aromatic heterocycles. The van der Waals surface area contributed by atoms with Crippen LogP contribution in [0, 0.1) is 0 Å². The zero-order valence-corrected chi connectivity index (χ0v) is 24.6. The highest BCUT2D eigenvalue weighted by Gasteiger charge is 2.50. The summed E-state index contributed by atoms with van der Waals surface area (Å²) in [5.74, 6) is 0.829. The van der Waals surface area contributed by atoms with Crippen LogP contribution in [-0.2, 0) is 0 Å². The molecule has 184 valence electrons. The SMILES string of the molecule is CCCSC=C(NC(=O)c1ccc(Cl)cc1)[P+](c1ccccc1)(c1ccccc1)c1ccccc1.[I-]. The van der Waals surface area contributed by atoms with Crippen molar-refractivity contribution in [3.05, 3.63) is 137 Å². The summed E-state index contributed by atoms with van der Waals surface area (Å²) < 4.78 is 0. The molecule has 4 aromatic rings. The highest BCUT2D eigenvalue weighted by molar-refractivity contribution is 8.04. The number of thioether (sulfide) groups is 1. The number of nitrogens with one attached hydrogen (secondary N) is 1. The standard InChI is InChI=1S/C30H27ClNOPS.HI/c1-2-22-35-23-29(32-30(33)24-18-20-25(31)21-19-24)34(26-12-6-3-7-13-26,27-14-8-4-9-15-27)28-16-10-5-11-17-28;/h3-21,23H,2,22H2,1H3;1H. The summed E-state index contributed by atoms with van der Waals surface area (Å²) in [6.07, 6.45) is 1.05. The van der Waals surface area contributed by atoms with Gasteiger partial charge in [-0.05, 0) is 72.8 Å². The van der Waals surface area contributed by atoms with E-state index in [0.717, 1.165) is 17.6 Å². The van der Waals surface area contributed by atoms with Crippen LogP contribution < -0.4 is 45.2 Å². The summed E-state index contributed by atoms with van der Waals surface area (Å²) in [5, 5.41) is 9.70. The third kappa shape index (κ3) is 6.41. The van der Waals surface area contributed by atoms with Crippen molar-refractivity contribution >= 4 is 52.4 Å². The molecule has 0 atom stereocenters. The maximum absolute atomic E-state index is 13.6. The third-order valence-electron chi connectivity index (χ3n) is 5.66. The van der Waals surface area contributed by atoms with Gasteiger partial charge >= 0.3 is 0 Å². The molecule has 1 amide bonds. The lowest BCUT2D eigenvalue weighted by atomic mass is 10.2. The van der Waals surface area contributed by atoms with E-state index < -0.39 is 7.26 Å². The second-order valence-electron chi connectivity index (χ2n) is 8.01. The van der Waals surface area contributed by atoms with Gasteiger partial charge in [0.05, 0.1) is 0 Å². The van der Waals surface area contributed by atoms with Crippen LogP contribution in [0.25, 0.3) is 0 Å². The Labute approximate surface area is 240 Å². The largest absolute Gasteiger partial charge is 1.00 e. The summed E-state index contributed by atoms with van der Waals surface area (Å²) in [6, 6.07) is 38.7. The van der Waals surface area contributed by atoms with Gasteiger partial charge in [0.15, 0.2) is 12.7 Å². The minimum absolute atomic E-state index is 0. The van der Waals surface area contributed by atoms with Crippen LogP contribution in [0.1, 0.15) is 23.7 Å². The molecule has 6 heteroatoms. The Morgan fingerprint density at radius 3 is 1.64 bits per heavy atom. The fraction of sp³-hybridized carbons (Fsp3) is 0.100. The lowest BCUT2D eigenvalue weighted by molar-refractivity contribution is -0.0000150. The molecule has 2 nitrogen and oxygen atoms in total. The molecular formula is C30H28ClINOPS. The second kappa shape index (κ2) is 14.0. The van der Waals surface area contributed by atoms with E-state index in [1.54, 1.807) is 36.0 Å². The van der Waals surface area contributed by atoms with Gasteiger partial charge in [-0.25, -0.2) is 0 Å². The van der Waals surface area contributed by atoms with E-state index in [1.807, 2.05) is 18.2 Å². The van der Waals surface area contributed by atoms with E-state index >= 15 is 0 Å². The van der Waals surface area contributed by atoms with Crippen LogP contribution >= 0.6 is 30.6 Å². The molecule has 1 N–H and O–H groups in total. The molecule has 0 saturated carbocycles. The molecule has 0 radical (unpaired) electrons. The van der Waals surface area contributed by atoms with Crippen LogP contribution in [0.4, 0.5) is 0 Å². The number of rotatable bonds is 9. The zero-order valence-electron chi connectivity index (χ0n) is 20.0. The fourth-order valence-electron chi connectivity index (χ4n) is 4.06. The van der Waals surface area contributed by atoms with Crippen LogP contribution in [0.5, 0.6) is 0 Å². The van der Waals surface area contributed by atoms with E-state index in [2.05, 4.69) is 90.4 Å². The van der Waals surface area contributed by atoms with Gasteiger partial charge in [-0.3, -0.25) is 10.1 Å².